The average Bonchev–Trinajstić information content (AvgIpc) is 2.95. The summed E-state index contributed by atoms with van der Waals surface area (Å²) in [6.07, 6.45) is -3.60. The molecule has 0 bridgehead atoms. The van der Waals surface area contributed by atoms with Gasteiger partial charge in [0.2, 0.25) is 5.91 Å². The molecule has 1 aromatic rings. The number of nitriles is 1. The van der Waals surface area contributed by atoms with Crippen LogP contribution < -0.4 is 5.32 Å². The highest BCUT2D eigenvalue weighted by Gasteiger charge is 2.36. The van der Waals surface area contributed by atoms with Crippen LogP contribution in [0.15, 0.2) is 24.3 Å². The molecule has 0 saturated carbocycles. The van der Waals surface area contributed by atoms with E-state index in [1.165, 1.54) is 12.1 Å². The molecule has 3 nitrogen and oxygen atoms in total. The molecule has 0 spiro atoms. The topological polar surface area (TPSA) is 52.9 Å². The maximum Gasteiger partial charge on any atom is 0.416 e. The van der Waals surface area contributed by atoms with Gasteiger partial charge in [0.25, 0.3) is 0 Å². The van der Waals surface area contributed by atoms with Crippen molar-refractivity contribution in [1.29, 1.82) is 5.26 Å². The van der Waals surface area contributed by atoms with Crippen LogP contribution in [0.1, 0.15) is 36.8 Å². The molecule has 1 saturated heterocycles. The van der Waals surface area contributed by atoms with Crippen molar-refractivity contribution in [3.63, 3.8) is 0 Å². The number of amides is 1. The van der Waals surface area contributed by atoms with Gasteiger partial charge in [0.15, 0.2) is 0 Å². The van der Waals surface area contributed by atoms with E-state index in [4.69, 9.17) is 0 Å². The standard InChI is InChI=1S/C16H17F3N2OS/c1-11(12-2-4-13(5-3-12)16(17,18)19)8-14(22)21-15(9-20)6-7-23-10-15/h2-5,11H,6-8,10H2,1H3,(H,21,22)/t11-,15+/m1/s1. The normalized spacial score (nSPS) is 22.4. The lowest BCUT2D eigenvalue weighted by Crippen LogP contribution is -2.47. The largest absolute Gasteiger partial charge is 0.416 e. The fraction of sp³-hybridized carbons (Fsp3) is 0.500. The summed E-state index contributed by atoms with van der Waals surface area (Å²) in [5.41, 5.74) is -0.842. The zero-order valence-electron chi connectivity index (χ0n) is 12.6. The van der Waals surface area contributed by atoms with Crippen molar-refractivity contribution >= 4 is 17.7 Å². The number of hydrogen-bond acceptors (Lipinski definition) is 3. The first kappa shape index (κ1) is 17.7. The van der Waals surface area contributed by atoms with E-state index in [9.17, 15) is 23.2 Å². The first-order chi connectivity index (χ1) is 10.8. The van der Waals surface area contributed by atoms with Gasteiger partial charge in [-0.15, -0.1) is 0 Å². The molecule has 1 aliphatic rings. The van der Waals surface area contributed by atoms with Gasteiger partial charge >= 0.3 is 6.18 Å². The average molecular weight is 342 g/mol. The lowest BCUT2D eigenvalue weighted by molar-refractivity contribution is -0.137. The van der Waals surface area contributed by atoms with E-state index in [0.717, 1.165) is 17.9 Å². The molecule has 23 heavy (non-hydrogen) atoms. The second-order valence-corrected chi connectivity index (χ2v) is 6.87. The van der Waals surface area contributed by atoms with Gasteiger partial charge in [-0.3, -0.25) is 4.79 Å². The Bertz CT molecular complexity index is 601. The van der Waals surface area contributed by atoms with E-state index in [1.54, 1.807) is 18.7 Å². The summed E-state index contributed by atoms with van der Waals surface area (Å²) in [6, 6.07) is 7.00. The number of benzene rings is 1. The second kappa shape index (κ2) is 6.83. The van der Waals surface area contributed by atoms with Crippen LogP contribution in [-0.4, -0.2) is 23.0 Å². The number of nitrogens with one attached hydrogen (secondary N) is 1. The number of carbonyl (C=O) groups is 1. The highest BCUT2D eigenvalue weighted by molar-refractivity contribution is 7.99. The lowest BCUT2D eigenvalue weighted by Gasteiger charge is -2.22. The van der Waals surface area contributed by atoms with Gasteiger partial charge in [0.1, 0.15) is 5.54 Å². The Hall–Kier alpha value is -1.68. The Morgan fingerprint density at radius 3 is 2.57 bits per heavy atom. The third kappa shape index (κ3) is 4.41. The summed E-state index contributed by atoms with van der Waals surface area (Å²) in [7, 11) is 0. The van der Waals surface area contributed by atoms with Crippen molar-refractivity contribution in [2.75, 3.05) is 11.5 Å². The van der Waals surface area contributed by atoms with Crippen LogP contribution in [0.5, 0.6) is 0 Å². The zero-order chi connectivity index (χ0) is 17.1. The molecule has 1 amide bonds. The van der Waals surface area contributed by atoms with Gasteiger partial charge in [-0.25, -0.2) is 0 Å². The number of carbonyl (C=O) groups excluding carboxylic acids is 1. The molecular weight excluding hydrogens is 325 g/mol. The number of halogens is 3. The number of alkyl halides is 3. The second-order valence-electron chi connectivity index (χ2n) is 5.77. The van der Waals surface area contributed by atoms with Crippen LogP contribution in [-0.2, 0) is 11.0 Å². The van der Waals surface area contributed by atoms with E-state index in [-0.39, 0.29) is 18.2 Å². The van der Waals surface area contributed by atoms with Gasteiger partial charge in [-0.2, -0.15) is 30.2 Å². The fourth-order valence-corrected chi connectivity index (χ4v) is 3.76. The van der Waals surface area contributed by atoms with E-state index in [1.807, 2.05) is 0 Å². The van der Waals surface area contributed by atoms with Gasteiger partial charge in [-0.1, -0.05) is 19.1 Å². The SMILES string of the molecule is C[C@H](CC(=O)N[C@]1(C#N)CCSC1)c1ccc(C(F)(F)F)cc1. The van der Waals surface area contributed by atoms with E-state index >= 15 is 0 Å². The molecule has 1 fully saturated rings. The predicted molar refractivity (Wildman–Crippen MR) is 82.9 cm³/mol. The Balaban J connectivity index is 1.97. The fourth-order valence-electron chi connectivity index (χ4n) is 2.49. The third-order valence-electron chi connectivity index (χ3n) is 3.91. The third-order valence-corrected chi connectivity index (χ3v) is 5.10. The molecule has 1 aromatic carbocycles. The molecular formula is C16H17F3N2OS. The smallest absolute Gasteiger partial charge is 0.337 e. The molecule has 7 heteroatoms. The Kier molecular flexibility index (Phi) is 5.25. The van der Waals surface area contributed by atoms with E-state index in [0.29, 0.717) is 17.7 Å². The van der Waals surface area contributed by atoms with Gasteiger partial charge in [0.05, 0.1) is 11.6 Å². The molecule has 1 N–H and O–H groups in total. The van der Waals surface area contributed by atoms with Crippen molar-refractivity contribution in [1.82, 2.24) is 5.32 Å². The summed E-state index contributed by atoms with van der Waals surface area (Å²) in [6.45, 7) is 1.78. The van der Waals surface area contributed by atoms with E-state index < -0.39 is 17.3 Å². The quantitative estimate of drug-likeness (QED) is 0.907. The van der Waals surface area contributed by atoms with Gasteiger partial charge in [-0.05, 0) is 35.8 Å². The maximum atomic E-state index is 12.5. The van der Waals surface area contributed by atoms with Crippen molar-refractivity contribution in [3.05, 3.63) is 35.4 Å². The van der Waals surface area contributed by atoms with Crippen LogP contribution in [0.25, 0.3) is 0 Å². The van der Waals surface area contributed by atoms with Crippen LogP contribution in [0.3, 0.4) is 0 Å². The monoisotopic (exact) mass is 342 g/mol. The van der Waals surface area contributed by atoms with Crippen LogP contribution >= 0.6 is 11.8 Å². The number of hydrogen-bond donors (Lipinski definition) is 1. The number of thioether (sulfide) groups is 1. The molecule has 0 radical (unpaired) electrons. The van der Waals surface area contributed by atoms with Crippen molar-refractivity contribution < 1.29 is 18.0 Å². The summed E-state index contributed by atoms with van der Waals surface area (Å²) in [4.78, 5) is 12.1. The molecule has 124 valence electrons. The molecule has 2 rings (SSSR count). The van der Waals surface area contributed by atoms with E-state index in [2.05, 4.69) is 11.4 Å². The Morgan fingerprint density at radius 2 is 2.09 bits per heavy atom. The first-order valence-electron chi connectivity index (χ1n) is 7.23. The number of nitrogens with zero attached hydrogens (tertiary/aromatic N) is 1. The van der Waals surface area contributed by atoms with Crippen LogP contribution in [0, 0.1) is 11.3 Å². The minimum absolute atomic E-state index is 0.138. The Morgan fingerprint density at radius 1 is 1.43 bits per heavy atom. The molecule has 0 aromatic heterocycles. The van der Waals surface area contributed by atoms with Crippen molar-refractivity contribution in [3.8, 4) is 6.07 Å². The van der Waals surface area contributed by atoms with Crippen LogP contribution in [0.4, 0.5) is 13.2 Å². The molecule has 0 aliphatic carbocycles. The summed E-state index contributed by atoms with van der Waals surface area (Å²) in [5.74, 6) is 0.940. The van der Waals surface area contributed by atoms with Crippen molar-refractivity contribution in [2.45, 2.75) is 37.4 Å². The van der Waals surface area contributed by atoms with Crippen LogP contribution in [0.2, 0.25) is 0 Å². The summed E-state index contributed by atoms with van der Waals surface area (Å²) >= 11 is 1.62. The molecule has 0 unspecified atom stereocenters. The number of rotatable bonds is 4. The summed E-state index contributed by atoms with van der Waals surface area (Å²) in [5, 5.41) is 12.0. The first-order valence-corrected chi connectivity index (χ1v) is 8.38. The summed E-state index contributed by atoms with van der Waals surface area (Å²) < 4.78 is 37.6. The molecule has 2 atom stereocenters. The zero-order valence-corrected chi connectivity index (χ0v) is 13.4. The van der Waals surface area contributed by atoms with Gasteiger partial charge < -0.3 is 5.32 Å². The highest BCUT2D eigenvalue weighted by Crippen LogP contribution is 2.31. The maximum absolute atomic E-state index is 12.5. The molecule has 1 aliphatic heterocycles. The lowest BCUT2D eigenvalue weighted by atomic mass is 9.95. The minimum atomic E-state index is -4.36. The highest BCUT2D eigenvalue weighted by atomic mass is 32.2. The van der Waals surface area contributed by atoms with Gasteiger partial charge in [0, 0.05) is 12.2 Å². The predicted octanol–water partition coefficient (Wildman–Crippen LogP) is 3.71. The minimum Gasteiger partial charge on any atom is -0.337 e. The molecule has 1 heterocycles. The van der Waals surface area contributed by atoms with Crippen molar-refractivity contribution in [2.24, 2.45) is 0 Å². The Labute approximate surface area is 137 Å².